The van der Waals surface area contributed by atoms with E-state index in [1.807, 2.05) is 36.1 Å². The molecule has 1 aliphatic heterocycles. The Labute approximate surface area is 173 Å². The van der Waals surface area contributed by atoms with Crippen molar-refractivity contribution in [2.75, 3.05) is 11.5 Å². The first-order chi connectivity index (χ1) is 14.0. The summed E-state index contributed by atoms with van der Waals surface area (Å²) in [5.41, 5.74) is 4.52. The number of nitrogens with zero attached hydrogens (tertiary/aromatic N) is 3. The van der Waals surface area contributed by atoms with E-state index in [0.29, 0.717) is 34.9 Å². The summed E-state index contributed by atoms with van der Waals surface area (Å²) >= 11 is 6.10. The van der Waals surface area contributed by atoms with Crippen LogP contribution in [0.1, 0.15) is 47.3 Å². The molecule has 0 saturated heterocycles. The molecule has 1 aromatic carbocycles. The number of benzene rings is 1. The Morgan fingerprint density at radius 1 is 1.28 bits per heavy atom. The van der Waals surface area contributed by atoms with Crippen molar-refractivity contribution in [3.8, 4) is 0 Å². The van der Waals surface area contributed by atoms with Crippen LogP contribution < -0.4 is 10.5 Å². The van der Waals surface area contributed by atoms with Gasteiger partial charge in [0, 0.05) is 22.3 Å². The van der Waals surface area contributed by atoms with Crippen LogP contribution in [0.3, 0.4) is 0 Å². The van der Waals surface area contributed by atoms with Gasteiger partial charge in [0.05, 0.1) is 36.3 Å². The number of aliphatic hydroxyl groups is 2. The predicted molar refractivity (Wildman–Crippen MR) is 111 cm³/mol. The van der Waals surface area contributed by atoms with E-state index in [4.69, 9.17) is 11.6 Å². The van der Waals surface area contributed by atoms with Gasteiger partial charge in [-0.2, -0.15) is 5.10 Å². The van der Waals surface area contributed by atoms with Crippen molar-refractivity contribution in [2.45, 2.75) is 39.1 Å². The molecule has 29 heavy (non-hydrogen) atoms. The SMILES string of the molecule is CCc1nn(CCO)c2c1C(c1ccc(Cl)cc1)N(c1c[nH]c(=O)c(C)c1)C2O. The van der Waals surface area contributed by atoms with Crippen molar-refractivity contribution >= 4 is 17.3 Å². The van der Waals surface area contributed by atoms with Gasteiger partial charge in [0.2, 0.25) is 0 Å². The highest BCUT2D eigenvalue weighted by atomic mass is 35.5. The van der Waals surface area contributed by atoms with E-state index >= 15 is 0 Å². The fraction of sp³-hybridized carbons (Fsp3) is 0.333. The number of hydrogen-bond donors (Lipinski definition) is 3. The molecule has 2 atom stereocenters. The minimum Gasteiger partial charge on any atom is -0.394 e. The molecule has 0 bridgehead atoms. The summed E-state index contributed by atoms with van der Waals surface area (Å²) < 4.78 is 1.68. The molecule has 2 aromatic heterocycles. The van der Waals surface area contributed by atoms with Crippen molar-refractivity contribution in [3.63, 3.8) is 0 Å². The van der Waals surface area contributed by atoms with Gasteiger partial charge in [-0.1, -0.05) is 30.7 Å². The van der Waals surface area contributed by atoms with Crippen molar-refractivity contribution in [1.82, 2.24) is 14.8 Å². The van der Waals surface area contributed by atoms with Crippen LogP contribution in [0.4, 0.5) is 5.69 Å². The van der Waals surface area contributed by atoms with Gasteiger partial charge in [-0.05, 0) is 37.1 Å². The number of rotatable bonds is 5. The second-order valence-electron chi connectivity index (χ2n) is 7.15. The second-order valence-corrected chi connectivity index (χ2v) is 7.59. The largest absolute Gasteiger partial charge is 0.394 e. The maximum Gasteiger partial charge on any atom is 0.250 e. The summed E-state index contributed by atoms with van der Waals surface area (Å²) in [7, 11) is 0. The van der Waals surface area contributed by atoms with Gasteiger partial charge >= 0.3 is 0 Å². The molecule has 0 fully saturated rings. The van der Waals surface area contributed by atoms with E-state index in [9.17, 15) is 15.0 Å². The highest BCUT2D eigenvalue weighted by molar-refractivity contribution is 6.30. The molecule has 0 amide bonds. The zero-order chi connectivity index (χ0) is 20.7. The van der Waals surface area contributed by atoms with E-state index in [2.05, 4.69) is 10.1 Å². The van der Waals surface area contributed by atoms with Gasteiger partial charge < -0.3 is 20.1 Å². The van der Waals surface area contributed by atoms with E-state index in [0.717, 1.165) is 16.8 Å². The van der Waals surface area contributed by atoms with Crippen LogP contribution in [0, 0.1) is 6.92 Å². The Morgan fingerprint density at radius 3 is 2.62 bits per heavy atom. The maximum absolute atomic E-state index is 11.9. The van der Waals surface area contributed by atoms with E-state index < -0.39 is 6.23 Å². The van der Waals surface area contributed by atoms with Crippen LogP contribution in [-0.4, -0.2) is 31.6 Å². The molecule has 0 saturated carbocycles. The molecule has 0 spiro atoms. The van der Waals surface area contributed by atoms with E-state index in [1.54, 1.807) is 23.9 Å². The fourth-order valence-electron chi connectivity index (χ4n) is 4.04. The minimum atomic E-state index is -0.977. The van der Waals surface area contributed by atoms with E-state index in [-0.39, 0.29) is 18.2 Å². The monoisotopic (exact) mass is 414 g/mol. The average molecular weight is 415 g/mol. The molecule has 4 rings (SSSR count). The third-order valence-electron chi connectivity index (χ3n) is 5.37. The number of aliphatic hydroxyl groups excluding tert-OH is 2. The minimum absolute atomic E-state index is 0.0760. The summed E-state index contributed by atoms with van der Waals surface area (Å²) in [5, 5.41) is 26.1. The van der Waals surface area contributed by atoms with Gasteiger partial charge in [0.1, 0.15) is 0 Å². The summed E-state index contributed by atoms with van der Waals surface area (Å²) in [4.78, 5) is 16.5. The lowest BCUT2D eigenvalue weighted by atomic mass is 9.98. The van der Waals surface area contributed by atoms with E-state index in [1.165, 1.54) is 0 Å². The molecule has 2 unspecified atom stereocenters. The molecule has 8 heteroatoms. The Balaban J connectivity index is 1.95. The standard InChI is InChI=1S/C21H23ClN4O3/c1-3-16-17-18(13-4-6-14(22)7-5-13)26(15-10-12(2)20(28)23-11-15)21(29)19(17)25(24-16)8-9-27/h4-7,10-11,18,21,27,29H,3,8-9H2,1-2H3,(H,23,28). The molecular formula is C21H23ClN4O3. The van der Waals surface area contributed by atoms with Crippen LogP contribution in [-0.2, 0) is 13.0 Å². The smallest absolute Gasteiger partial charge is 0.250 e. The summed E-state index contributed by atoms with van der Waals surface area (Å²) in [6.45, 7) is 3.97. The first-order valence-electron chi connectivity index (χ1n) is 9.57. The van der Waals surface area contributed by atoms with Crippen LogP contribution in [0.2, 0.25) is 5.02 Å². The second kappa shape index (κ2) is 7.67. The number of aryl methyl sites for hydroxylation is 2. The van der Waals surface area contributed by atoms with Gasteiger partial charge in [-0.3, -0.25) is 9.48 Å². The quantitative estimate of drug-likeness (QED) is 0.596. The number of H-pyrrole nitrogens is 1. The highest BCUT2D eigenvalue weighted by Crippen LogP contribution is 2.48. The summed E-state index contributed by atoms with van der Waals surface area (Å²) in [5.74, 6) is 0. The number of anilines is 1. The third kappa shape index (κ3) is 3.25. The highest BCUT2D eigenvalue weighted by Gasteiger charge is 2.44. The number of aromatic amines is 1. The molecule has 3 aromatic rings. The summed E-state index contributed by atoms with van der Waals surface area (Å²) in [6, 6.07) is 8.98. The van der Waals surface area contributed by atoms with Crippen LogP contribution in [0.5, 0.6) is 0 Å². The first-order valence-corrected chi connectivity index (χ1v) is 9.95. The van der Waals surface area contributed by atoms with Gasteiger partial charge in [0.15, 0.2) is 6.23 Å². The molecule has 1 aliphatic rings. The van der Waals surface area contributed by atoms with Crippen molar-refractivity contribution in [3.05, 3.63) is 80.0 Å². The Morgan fingerprint density at radius 2 is 2.00 bits per heavy atom. The van der Waals surface area contributed by atoms with Crippen molar-refractivity contribution in [2.24, 2.45) is 0 Å². The molecule has 3 heterocycles. The van der Waals surface area contributed by atoms with Gasteiger partial charge in [0.25, 0.3) is 5.56 Å². The topological polar surface area (TPSA) is 94.4 Å². The lowest BCUT2D eigenvalue weighted by molar-refractivity contribution is 0.163. The van der Waals surface area contributed by atoms with Crippen molar-refractivity contribution in [1.29, 1.82) is 0 Å². The maximum atomic E-state index is 11.9. The predicted octanol–water partition coefficient (Wildman–Crippen LogP) is 2.69. The number of fused-ring (bicyclic) bond motifs is 1. The van der Waals surface area contributed by atoms with Gasteiger partial charge in [-0.25, -0.2) is 0 Å². The molecule has 7 nitrogen and oxygen atoms in total. The normalized spacial score (nSPS) is 18.3. The zero-order valence-electron chi connectivity index (χ0n) is 16.3. The molecule has 152 valence electrons. The number of halogens is 1. The lowest BCUT2D eigenvalue weighted by Gasteiger charge is -2.31. The Bertz CT molecular complexity index is 1090. The van der Waals surface area contributed by atoms with Gasteiger partial charge in [-0.15, -0.1) is 0 Å². The molecular weight excluding hydrogens is 392 g/mol. The van der Waals surface area contributed by atoms with Crippen LogP contribution in [0.15, 0.2) is 41.3 Å². The van der Waals surface area contributed by atoms with Crippen LogP contribution in [0.25, 0.3) is 0 Å². The third-order valence-corrected chi connectivity index (χ3v) is 5.62. The first kappa shape index (κ1) is 19.7. The summed E-state index contributed by atoms with van der Waals surface area (Å²) in [6.07, 6.45) is 1.33. The Kier molecular flexibility index (Phi) is 5.21. The van der Waals surface area contributed by atoms with Crippen LogP contribution >= 0.6 is 11.6 Å². The van der Waals surface area contributed by atoms with Crippen molar-refractivity contribution < 1.29 is 10.2 Å². The number of hydrogen-bond acceptors (Lipinski definition) is 5. The molecule has 0 aliphatic carbocycles. The molecule has 3 N–H and O–H groups in total. The average Bonchev–Trinajstić information content (AvgIpc) is 3.21. The number of pyridine rings is 1. The Hall–Kier alpha value is -2.61. The lowest BCUT2D eigenvalue weighted by Crippen LogP contribution is -2.29. The zero-order valence-corrected chi connectivity index (χ0v) is 17.0. The number of aromatic nitrogens is 3. The molecule has 0 radical (unpaired) electrons. The number of nitrogens with one attached hydrogen (secondary N) is 1. The fourth-order valence-corrected chi connectivity index (χ4v) is 4.17.